The number of halogens is 1. The van der Waals surface area contributed by atoms with E-state index < -0.39 is 5.91 Å². The minimum absolute atomic E-state index is 0. The number of amides is 1. The number of rotatable bonds is 7. The van der Waals surface area contributed by atoms with Crippen LogP contribution in [0.25, 0.3) is 0 Å². The monoisotopic (exact) mass is 458 g/mol. The molecule has 0 atom stereocenters. The van der Waals surface area contributed by atoms with Gasteiger partial charge in [-0.1, -0.05) is 12.1 Å². The van der Waals surface area contributed by atoms with Crippen molar-refractivity contribution >= 4 is 35.8 Å². The van der Waals surface area contributed by atoms with E-state index in [9.17, 15) is 4.79 Å². The second kappa shape index (κ2) is 10.6. The first-order valence-electron chi connectivity index (χ1n) is 7.66. The highest BCUT2D eigenvalue weighted by Crippen LogP contribution is 2.13. The van der Waals surface area contributed by atoms with Crippen molar-refractivity contribution in [2.45, 2.75) is 20.0 Å². The number of nitrogens with one attached hydrogen (secondary N) is 2. The molecule has 1 aromatic carbocycles. The molecule has 8 heteroatoms. The zero-order valence-electron chi connectivity index (χ0n) is 14.2. The molecule has 0 bridgehead atoms. The highest BCUT2D eigenvalue weighted by molar-refractivity contribution is 14.0. The summed E-state index contributed by atoms with van der Waals surface area (Å²) in [4.78, 5) is 15.5. The number of benzene rings is 1. The number of nitrogens with two attached hydrogens (primary N) is 1. The topological polar surface area (TPSA) is 102 Å². The summed E-state index contributed by atoms with van der Waals surface area (Å²) in [7, 11) is 1.64. The standard InChI is InChI=1S/C17H22N4O3.HI/c1-3-19-17(20-10-12-5-4-6-13(9-12)23-2)21-11-14-7-8-15(24-14)16(18)22;/h4-9H,3,10-11H2,1-2H3,(H2,18,22)(H2,19,20,21);1H. The average molecular weight is 458 g/mol. The number of primary amides is 1. The lowest BCUT2D eigenvalue weighted by Gasteiger charge is -2.10. The molecule has 0 saturated carbocycles. The first-order valence-corrected chi connectivity index (χ1v) is 7.66. The molecular formula is C17H23IN4O3. The van der Waals surface area contributed by atoms with Gasteiger partial charge in [0.2, 0.25) is 0 Å². The van der Waals surface area contributed by atoms with Gasteiger partial charge in [0.25, 0.3) is 5.91 Å². The Morgan fingerprint density at radius 1 is 1.28 bits per heavy atom. The molecular weight excluding hydrogens is 435 g/mol. The maximum absolute atomic E-state index is 11.0. The Morgan fingerprint density at radius 3 is 2.72 bits per heavy atom. The predicted octanol–water partition coefficient (Wildman–Crippen LogP) is 2.26. The first kappa shape index (κ1) is 20.8. The summed E-state index contributed by atoms with van der Waals surface area (Å²) in [6.45, 7) is 3.63. The zero-order valence-corrected chi connectivity index (χ0v) is 16.6. The van der Waals surface area contributed by atoms with Gasteiger partial charge < -0.3 is 25.5 Å². The fraction of sp³-hybridized carbons (Fsp3) is 0.294. The lowest BCUT2D eigenvalue weighted by atomic mass is 10.2. The van der Waals surface area contributed by atoms with Crippen LogP contribution in [0.15, 0.2) is 45.8 Å². The van der Waals surface area contributed by atoms with Crippen LogP contribution in [-0.4, -0.2) is 25.5 Å². The number of nitrogens with zero attached hydrogens (tertiary/aromatic N) is 1. The molecule has 1 amide bonds. The van der Waals surface area contributed by atoms with E-state index in [1.165, 1.54) is 0 Å². The average Bonchev–Trinajstić information content (AvgIpc) is 3.07. The molecule has 0 fully saturated rings. The van der Waals surface area contributed by atoms with E-state index in [0.717, 1.165) is 17.9 Å². The van der Waals surface area contributed by atoms with Crippen LogP contribution < -0.4 is 21.1 Å². The number of guanidine groups is 1. The van der Waals surface area contributed by atoms with Gasteiger partial charge in [-0.3, -0.25) is 4.79 Å². The van der Waals surface area contributed by atoms with Gasteiger partial charge in [-0.15, -0.1) is 24.0 Å². The van der Waals surface area contributed by atoms with Crippen molar-refractivity contribution in [2.24, 2.45) is 10.7 Å². The number of methoxy groups -OCH3 is 1. The minimum Gasteiger partial charge on any atom is -0.497 e. The highest BCUT2D eigenvalue weighted by atomic mass is 127. The number of hydrogen-bond donors (Lipinski definition) is 3. The third kappa shape index (κ3) is 6.65. The van der Waals surface area contributed by atoms with E-state index in [1.807, 2.05) is 31.2 Å². The molecule has 2 aromatic rings. The summed E-state index contributed by atoms with van der Waals surface area (Å²) < 4.78 is 10.5. The Balaban J connectivity index is 0.00000312. The van der Waals surface area contributed by atoms with Gasteiger partial charge in [0, 0.05) is 6.54 Å². The van der Waals surface area contributed by atoms with Crippen molar-refractivity contribution in [1.29, 1.82) is 0 Å². The Hall–Kier alpha value is -2.23. The molecule has 0 spiro atoms. The maximum Gasteiger partial charge on any atom is 0.284 e. The van der Waals surface area contributed by atoms with Crippen molar-refractivity contribution in [1.82, 2.24) is 10.6 Å². The molecule has 0 unspecified atom stereocenters. The van der Waals surface area contributed by atoms with Crippen LogP contribution in [0.5, 0.6) is 5.75 Å². The summed E-state index contributed by atoms with van der Waals surface area (Å²) >= 11 is 0. The van der Waals surface area contributed by atoms with Gasteiger partial charge >= 0.3 is 0 Å². The molecule has 1 aromatic heterocycles. The van der Waals surface area contributed by atoms with E-state index in [2.05, 4.69) is 15.6 Å². The fourth-order valence-electron chi connectivity index (χ4n) is 2.06. The van der Waals surface area contributed by atoms with E-state index in [0.29, 0.717) is 24.8 Å². The van der Waals surface area contributed by atoms with Gasteiger partial charge in [-0.25, -0.2) is 4.99 Å². The lowest BCUT2D eigenvalue weighted by molar-refractivity contribution is 0.0972. The third-order valence-corrected chi connectivity index (χ3v) is 3.23. The molecule has 0 aliphatic rings. The maximum atomic E-state index is 11.0. The number of carbonyl (C=O) groups excluding carboxylic acids is 1. The second-order valence-electron chi connectivity index (χ2n) is 5.03. The van der Waals surface area contributed by atoms with Crippen molar-refractivity contribution < 1.29 is 13.9 Å². The van der Waals surface area contributed by atoms with E-state index in [1.54, 1.807) is 19.2 Å². The SMILES string of the molecule is CCNC(=NCc1cccc(OC)c1)NCc1ccc(C(N)=O)o1.I. The quantitative estimate of drug-likeness (QED) is 0.336. The number of ether oxygens (including phenoxy) is 1. The molecule has 0 aliphatic heterocycles. The van der Waals surface area contributed by atoms with Crippen LogP contribution in [-0.2, 0) is 13.1 Å². The molecule has 7 nitrogen and oxygen atoms in total. The van der Waals surface area contributed by atoms with Crippen LogP contribution >= 0.6 is 24.0 Å². The van der Waals surface area contributed by atoms with Gasteiger partial charge in [-0.2, -0.15) is 0 Å². The van der Waals surface area contributed by atoms with Crippen LogP contribution in [0.2, 0.25) is 0 Å². The van der Waals surface area contributed by atoms with Crippen molar-refractivity contribution in [2.75, 3.05) is 13.7 Å². The van der Waals surface area contributed by atoms with Crippen molar-refractivity contribution in [3.8, 4) is 5.75 Å². The van der Waals surface area contributed by atoms with Crippen LogP contribution in [0.3, 0.4) is 0 Å². The van der Waals surface area contributed by atoms with Crippen LogP contribution in [0.1, 0.15) is 28.8 Å². The van der Waals surface area contributed by atoms with E-state index >= 15 is 0 Å². The van der Waals surface area contributed by atoms with Gasteiger partial charge in [0.05, 0.1) is 20.2 Å². The fourth-order valence-corrected chi connectivity index (χ4v) is 2.06. The van der Waals surface area contributed by atoms with Crippen LogP contribution in [0, 0.1) is 0 Å². The number of aliphatic imine (C=N–C) groups is 1. The largest absolute Gasteiger partial charge is 0.497 e. The number of furan rings is 1. The lowest BCUT2D eigenvalue weighted by Crippen LogP contribution is -2.36. The molecule has 0 radical (unpaired) electrons. The summed E-state index contributed by atoms with van der Waals surface area (Å²) in [5.74, 6) is 1.62. The Labute approximate surface area is 164 Å². The molecule has 1 heterocycles. The summed E-state index contributed by atoms with van der Waals surface area (Å²) in [5, 5.41) is 6.31. The van der Waals surface area contributed by atoms with Gasteiger partial charge in [0.1, 0.15) is 11.5 Å². The predicted molar refractivity (Wildman–Crippen MR) is 107 cm³/mol. The molecule has 0 aliphatic carbocycles. The second-order valence-corrected chi connectivity index (χ2v) is 5.03. The highest BCUT2D eigenvalue weighted by Gasteiger charge is 2.07. The van der Waals surface area contributed by atoms with E-state index in [4.69, 9.17) is 14.9 Å². The van der Waals surface area contributed by atoms with Crippen molar-refractivity contribution in [3.05, 3.63) is 53.5 Å². The summed E-state index contributed by atoms with van der Waals surface area (Å²) in [6.07, 6.45) is 0. The first-order chi connectivity index (χ1) is 11.6. The normalized spacial score (nSPS) is 10.7. The third-order valence-electron chi connectivity index (χ3n) is 3.23. The zero-order chi connectivity index (χ0) is 17.4. The molecule has 25 heavy (non-hydrogen) atoms. The minimum atomic E-state index is -0.583. The van der Waals surface area contributed by atoms with E-state index in [-0.39, 0.29) is 29.7 Å². The Bertz CT molecular complexity index is 715. The molecule has 136 valence electrons. The Kier molecular flexibility index (Phi) is 8.82. The molecule has 4 N–H and O–H groups in total. The van der Waals surface area contributed by atoms with Gasteiger partial charge in [-0.05, 0) is 36.8 Å². The smallest absolute Gasteiger partial charge is 0.284 e. The summed E-state index contributed by atoms with van der Waals surface area (Å²) in [5.41, 5.74) is 6.21. The van der Waals surface area contributed by atoms with Crippen LogP contribution in [0.4, 0.5) is 0 Å². The molecule has 0 saturated heterocycles. The summed E-state index contributed by atoms with van der Waals surface area (Å²) in [6, 6.07) is 11.0. The Morgan fingerprint density at radius 2 is 2.08 bits per heavy atom. The van der Waals surface area contributed by atoms with Gasteiger partial charge in [0.15, 0.2) is 11.7 Å². The van der Waals surface area contributed by atoms with Crippen molar-refractivity contribution in [3.63, 3.8) is 0 Å². The molecule has 2 rings (SSSR count). The number of hydrogen-bond acceptors (Lipinski definition) is 4. The number of carbonyl (C=O) groups is 1.